The second-order valence-electron chi connectivity index (χ2n) is 5.33. The Bertz CT molecular complexity index is 1030. The van der Waals surface area contributed by atoms with E-state index in [1.54, 1.807) is 18.2 Å². The number of nitrogens with zero attached hydrogens (tertiary/aromatic N) is 2. The summed E-state index contributed by atoms with van der Waals surface area (Å²) in [5, 5.41) is 23.9. The average molecular weight is 381 g/mol. The molecule has 3 aromatic rings. The monoisotopic (exact) mass is 381 g/mol. The molecule has 1 amide bonds. The number of nitrogens with one attached hydrogen (secondary N) is 1. The van der Waals surface area contributed by atoms with Crippen LogP contribution in [0.5, 0.6) is 5.75 Å². The standard InChI is InChI=1S/C16H10F3N3O5/c17-16(18,19)14-13-9(10(22-27-13)7-4-2-1-3-5-7)12(25)11(21-14)15(26)20-6-8(23)24/h1-5,25H,6H2,(H,20,26)(H,23,24). The molecule has 0 unspecified atom stereocenters. The van der Waals surface area contributed by atoms with Crippen molar-refractivity contribution in [2.75, 3.05) is 6.54 Å². The van der Waals surface area contributed by atoms with E-state index in [4.69, 9.17) is 9.63 Å². The number of aromatic nitrogens is 2. The Labute approximate surface area is 148 Å². The summed E-state index contributed by atoms with van der Waals surface area (Å²) in [6.07, 6.45) is -5.01. The van der Waals surface area contributed by atoms with Crippen molar-refractivity contribution < 1.29 is 37.5 Å². The lowest BCUT2D eigenvalue weighted by atomic mass is 10.1. The van der Waals surface area contributed by atoms with Crippen LogP contribution in [0.2, 0.25) is 0 Å². The van der Waals surface area contributed by atoms with Crippen LogP contribution < -0.4 is 5.32 Å². The van der Waals surface area contributed by atoms with Crippen LogP contribution in [0.3, 0.4) is 0 Å². The van der Waals surface area contributed by atoms with Gasteiger partial charge < -0.3 is 20.1 Å². The van der Waals surface area contributed by atoms with Crippen LogP contribution in [0.25, 0.3) is 22.2 Å². The first-order valence-corrected chi connectivity index (χ1v) is 7.35. The number of hydrogen-bond acceptors (Lipinski definition) is 6. The summed E-state index contributed by atoms with van der Waals surface area (Å²) in [6.45, 7) is -0.867. The van der Waals surface area contributed by atoms with Crippen molar-refractivity contribution in [3.8, 4) is 17.0 Å². The van der Waals surface area contributed by atoms with E-state index in [1.165, 1.54) is 12.1 Å². The summed E-state index contributed by atoms with van der Waals surface area (Å²) < 4.78 is 44.8. The predicted octanol–water partition coefficient (Wildman–Crippen LogP) is 2.43. The van der Waals surface area contributed by atoms with Crippen LogP contribution >= 0.6 is 0 Å². The highest BCUT2D eigenvalue weighted by Gasteiger charge is 2.40. The third-order valence-corrected chi connectivity index (χ3v) is 3.52. The summed E-state index contributed by atoms with van der Waals surface area (Å²) in [5.41, 5.74) is -3.18. The van der Waals surface area contributed by atoms with E-state index in [0.717, 1.165) is 0 Å². The first kappa shape index (κ1) is 18.2. The zero-order valence-electron chi connectivity index (χ0n) is 13.2. The fraction of sp³-hybridized carbons (Fsp3) is 0.125. The molecule has 3 rings (SSSR count). The highest BCUT2D eigenvalue weighted by molar-refractivity contribution is 6.06. The number of carboxylic acids is 1. The first-order valence-electron chi connectivity index (χ1n) is 7.35. The van der Waals surface area contributed by atoms with E-state index in [0.29, 0.717) is 5.56 Å². The fourth-order valence-electron chi connectivity index (χ4n) is 2.39. The van der Waals surface area contributed by atoms with Gasteiger partial charge in [0, 0.05) is 5.56 Å². The van der Waals surface area contributed by atoms with Gasteiger partial charge in [0.2, 0.25) is 5.58 Å². The molecule has 8 nitrogen and oxygen atoms in total. The first-order chi connectivity index (χ1) is 12.7. The SMILES string of the molecule is O=C(O)CNC(=O)c1nc(C(F)(F)F)c2onc(-c3ccccc3)c2c1O. The Hall–Kier alpha value is -3.63. The quantitative estimate of drug-likeness (QED) is 0.634. The molecule has 1 aromatic carbocycles. The van der Waals surface area contributed by atoms with Gasteiger partial charge in [-0.2, -0.15) is 13.2 Å². The molecule has 27 heavy (non-hydrogen) atoms. The van der Waals surface area contributed by atoms with Crippen molar-refractivity contribution in [2.24, 2.45) is 0 Å². The van der Waals surface area contributed by atoms with Crippen molar-refractivity contribution in [1.29, 1.82) is 0 Å². The van der Waals surface area contributed by atoms with Crippen LogP contribution in [0, 0.1) is 0 Å². The molecule has 0 atom stereocenters. The highest BCUT2D eigenvalue weighted by Crippen LogP contribution is 2.42. The minimum Gasteiger partial charge on any atom is -0.505 e. The zero-order valence-corrected chi connectivity index (χ0v) is 13.2. The van der Waals surface area contributed by atoms with Gasteiger partial charge in [0.05, 0.1) is 5.39 Å². The van der Waals surface area contributed by atoms with Crippen molar-refractivity contribution in [2.45, 2.75) is 6.18 Å². The topological polar surface area (TPSA) is 126 Å². The van der Waals surface area contributed by atoms with E-state index in [2.05, 4.69) is 10.1 Å². The van der Waals surface area contributed by atoms with Gasteiger partial charge in [-0.25, -0.2) is 4.98 Å². The summed E-state index contributed by atoms with van der Waals surface area (Å²) >= 11 is 0. The number of pyridine rings is 1. The summed E-state index contributed by atoms with van der Waals surface area (Å²) in [5.74, 6) is -3.61. The molecule has 0 radical (unpaired) electrons. The molecule has 0 aliphatic heterocycles. The van der Waals surface area contributed by atoms with Gasteiger partial charge in [0.15, 0.2) is 17.1 Å². The minimum atomic E-state index is -5.01. The Morgan fingerprint density at radius 3 is 2.44 bits per heavy atom. The molecule has 0 fully saturated rings. The lowest BCUT2D eigenvalue weighted by Gasteiger charge is -2.10. The number of amides is 1. The molecule has 3 N–H and O–H groups in total. The van der Waals surface area contributed by atoms with Crippen LogP contribution in [0.1, 0.15) is 16.2 Å². The third kappa shape index (κ3) is 3.38. The number of hydrogen-bond donors (Lipinski definition) is 3. The molecule has 2 aromatic heterocycles. The van der Waals surface area contributed by atoms with E-state index < -0.39 is 52.7 Å². The minimum absolute atomic E-state index is 0.122. The van der Waals surface area contributed by atoms with Crippen LogP contribution in [-0.4, -0.2) is 38.8 Å². The largest absolute Gasteiger partial charge is 0.505 e. The Morgan fingerprint density at radius 1 is 1.19 bits per heavy atom. The number of aliphatic carboxylic acids is 1. The molecular formula is C16H10F3N3O5. The second-order valence-corrected chi connectivity index (χ2v) is 5.33. The Morgan fingerprint density at radius 2 is 1.85 bits per heavy atom. The van der Waals surface area contributed by atoms with Gasteiger partial charge in [-0.05, 0) is 0 Å². The third-order valence-electron chi connectivity index (χ3n) is 3.52. The van der Waals surface area contributed by atoms with Crippen LogP contribution in [0.4, 0.5) is 13.2 Å². The summed E-state index contributed by atoms with van der Waals surface area (Å²) in [6, 6.07) is 7.90. The fourth-order valence-corrected chi connectivity index (χ4v) is 2.39. The molecule has 0 bridgehead atoms. The Kier molecular flexibility index (Phi) is 4.44. The number of alkyl halides is 3. The van der Waals surface area contributed by atoms with Crippen molar-refractivity contribution in [3.05, 3.63) is 41.7 Å². The van der Waals surface area contributed by atoms with Gasteiger partial charge in [0.1, 0.15) is 12.2 Å². The van der Waals surface area contributed by atoms with Gasteiger partial charge in [0.25, 0.3) is 5.91 Å². The normalized spacial score (nSPS) is 11.5. The number of carboxylic acid groups (broad SMARTS) is 1. The van der Waals surface area contributed by atoms with Gasteiger partial charge in [-0.3, -0.25) is 9.59 Å². The van der Waals surface area contributed by atoms with E-state index in [9.17, 15) is 27.9 Å². The van der Waals surface area contributed by atoms with E-state index >= 15 is 0 Å². The predicted molar refractivity (Wildman–Crippen MR) is 83.9 cm³/mol. The number of halogens is 3. The molecule has 0 saturated heterocycles. The number of aromatic hydroxyl groups is 1. The van der Waals surface area contributed by atoms with Crippen molar-refractivity contribution >= 4 is 22.8 Å². The number of fused-ring (bicyclic) bond motifs is 1. The highest BCUT2D eigenvalue weighted by atomic mass is 19.4. The molecule has 11 heteroatoms. The molecular weight excluding hydrogens is 371 g/mol. The smallest absolute Gasteiger partial charge is 0.437 e. The Balaban J connectivity index is 2.27. The molecule has 140 valence electrons. The lowest BCUT2D eigenvalue weighted by molar-refractivity contribution is -0.140. The van der Waals surface area contributed by atoms with Gasteiger partial charge in [-0.15, -0.1) is 0 Å². The maximum Gasteiger partial charge on any atom is 0.437 e. The molecule has 0 aliphatic rings. The number of carbonyl (C=O) groups is 2. The second kappa shape index (κ2) is 6.59. The molecule has 2 heterocycles. The number of benzene rings is 1. The lowest BCUT2D eigenvalue weighted by Crippen LogP contribution is -2.30. The molecule has 0 saturated carbocycles. The molecule has 0 spiro atoms. The maximum absolute atomic E-state index is 13.4. The molecule has 0 aliphatic carbocycles. The van der Waals surface area contributed by atoms with E-state index in [-0.39, 0.29) is 5.69 Å². The summed E-state index contributed by atoms with van der Waals surface area (Å²) in [4.78, 5) is 25.7. The summed E-state index contributed by atoms with van der Waals surface area (Å²) in [7, 11) is 0. The van der Waals surface area contributed by atoms with Gasteiger partial charge >= 0.3 is 12.1 Å². The average Bonchev–Trinajstić information content (AvgIpc) is 3.05. The number of carbonyl (C=O) groups excluding carboxylic acids is 1. The number of rotatable bonds is 4. The van der Waals surface area contributed by atoms with Crippen LogP contribution in [-0.2, 0) is 11.0 Å². The maximum atomic E-state index is 13.4. The van der Waals surface area contributed by atoms with E-state index in [1.807, 2.05) is 5.32 Å². The van der Waals surface area contributed by atoms with Crippen molar-refractivity contribution in [1.82, 2.24) is 15.5 Å². The van der Waals surface area contributed by atoms with Crippen molar-refractivity contribution in [3.63, 3.8) is 0 Å². The van der Waals surface area contributed by atoms with Crippen LogP contribution in [0.15, 0.2) is 34.9 Å². The van der Waals surface area contributed by atoms with Gasteiger partial charge in [-0.1, -0.05) is 35.5 Å². The zero-order chi connectivity index (χ0) is 19.8.